The summed E-state index contributed by atoms with van der Waals surface area (Å²) in [5.74, 6) is 0.421. The Morgan fingerprint density at radius 3 is 2.50 bits per heavy atom. The summed E-state index contributed by atoms with van der Waals surface area (Å²) in [5, 5.41) is 19.9. The summed E-state index contributed by atoms with van der Waals surface area (Å²) in [5.41, 5.74) is 5.76. The summed E-state index contributed by atoms with van der Waals surface area (Å²) in [4.78, 5) is 20.5. The molecule has 2 fully saturated rings. The second-order valence-electron chi connectivity index (χ2n) is 7.46. The molecule has 0 aromatic carbocycles. The lowest BCUT2D eigenvalue weighted by atomic mass is 9.91. The van der Waals surface area contributed by atoms with Crippen LogP contribution in [-0.4, -0.2) is 52.3 Å². The third-order valence-corrected chi connectivity index (χ3v) is 5.51. The number of carbonyl (C=O) groups excluding carboxylic acids is 1. The molecule has 2 aliphatic rings. The van der Waals surface area contributed by atoms with E-state index in [9.17, 15) is 9.90 Å². The van der Waals surface area contributed by atoms with Crippen molar-refractivity contribution in [2.24, 2.45) is 5.73 Å². The van der Waals surface area contributed by atoms with E-state index in [0.29, 0.717) is 30.3 Å². The van der Waals surface area contributed by atoms with Crippen molar-refractivity contribution >= 4 is 17.7 Å². The van der Waals surface area contributed by atoms with Crippen molar-refractivity contribution in [3.8, 4) is 0 Å². The fourth-order valence-electron chi connectivity index (χ4n) is 3.94. The van der Waals surface area contributed by atoms with Crippen LogP contribution in [0.15, 0.2) is 6.20 Å². The van der Waals surface area contributed by atoms with Crippen molar-refractivity contribution in [2.75, 3.05) is 17.7 Å². The van der Waals surface area contributed by atoms with Crippen molar-refractivity contribution in [3.63, 3.8) is 0 Å². The van der Waals surface area contributed by atoms with Gasteiger partial charge in [-0.05, 0) is 58.4 Å². The number of hydrogen-bond acceptors (Lipinski definition) is 7. The Kier molecular flexibility index (Phi) is 6.26. The molecular weight excluding hydrogens is 332 g/mol. The van der Waals surface area contributed by atoms with Gasteiger partial charge in [0.1, 0.15) is 5.82 Å². The van der Waals surface area contributed by atoms with Crippen molar-refractivity contribution in [2.45, 2.75) is 75.6 Å². The zero-order valence-electron chi connectivity index (χ0n) is 15.4. The summed E-state index contributed by atoms with van der Waals surface area (Å²) in [6.45, 7) is 0. The maximum Gasteiger partial charge on any atom is 0.254 e. The molecule has 8 nitrogen and oxygen atoms in total. The first-order valence-electron chi connectivity index (χ1n) is 9.60. The molecule has 0 radical (unpaired) electrons. The van der Waals surface area contributed by atoms with Crippen molar-refractivity contribution in [3.05, 3.63) is 11.8 Å². The summed E-state index contributed by atoms with van der Waals surface area (Å²) in [7, 11) is 2.00. The molecule has 0 spiro atoms. The Morgan fingerprint density at radius 1 is 1.12 bits per heavy atom. The zero-order valence-corrected chi connectivity index (χ0v) is 15.4. The van der Waals surface area contributed by atoms with Crippen LogP contribution in [0.2, 0.25) is 0 Å². The number of rotatable bonds is 6. The van der Waals surface area contributed by atoms with Gasteiger partial charge in [-0.1, -0.05) is 0 Å². The van der Waals surface area contributed by atoms with Gasteiger partial charge in [-0.3, -0.25) is 4.79 Å². The minimum atomic E-state index is -0.551. The van der Waals surface area contributed by atoms with E-state index in [0.717, 1.165) is 44.9 Å². The number of nitrogens with two attached hydrogens (primary N) is 1. The van der Waals surface area contributed by atoms with Gasteiger partial charge in [0, 0.05) is 24.3 Å². The Morgan fingerprint density at radius 2 is 1.85 bits per heavy atom. The molecule has 2 atom stereocenters. The Bertz CT molecular complexity index is 618. The predicted molar refractivity (Wildman–Crippen MR) is 101 cm³/mol. The molecule has 8 heteroatoms. The minimum Gasteiger partial charge on any atom is -0.393 e. The molecule has 2 saturated carbocycles. The number of carbonyl (C=O) groups is 1. The number of primary amides is 1. The molecule has 0 aliphatic heterocycles. The van der Waals surface area contributed by atoms with E-state index in [1.54, 1.807) is 0 Å². The largest absolute Gasteiger partial charge is 0.393 e. The monoisotopic (exact) mass is 362 g/mol. The van der Waals surface area contributed by atoms with E-state index in [1.807, 2.05) is 7.05 Å². The molecule has 2 aliphatic carbocycles. The number of anilines is 2. The Balaban J connectivity index is 1.68. The van der Waals surface area contributed by atoms with Gasteiger partial charge in [0.05, 0.1) is 11.7 Å². The molecule has 1 aromatic rings. The SMILES string of the molecule is CNC1CCC(Nc2ncc(C(N)=O)c(N[C@@H]3CCC[C@@H](O)C3)n2)CC1. The van der Waals surface area contributed by atoms with Crippen LogP contribution >= 0.6 is 0 Å². The molecule has 1 heterocycles. The topological polar surface area (TPSA) is 125 Å². The molecule has 0 saturated heterocycles. The van der Waals surface area contributed by atoms with Crippen LogP contribution in [-0.2, 0) is 0 Å². The van der Waals surface area contributed by atoms with Crippen LogP contribution in [0.4, 0.5) is 11.8 Å². The molecule has 26 heavy (non-hydrogen) atoms. The van der Waals surface area contributed by atoms with E-state index in [-0.39, 0.29) is 17.7 Å². The van der Waals surface area contributed by atoms with Crippen LogP contribution in [0.5, 0.6) is 0 Å². The lowest BCUT2D eigenvalue weighted by molar-refractivity contribution is 0.100. The highest BCUT2D eigenvalue weighted by atomic mass is 16.3. The number of amides is 1. The van der Waals surface area contributed by atoms with Crippen LogP contribution in [0.25, 0.3) is 0 Å². The lowest BCUT2D eigenvalue weighted by Gasteiger charge is -2.29. The van der Waals surface area contributed by atoms with Crippen molar-refractivity contribution in [1.82, 2.24) is 15.3 Å². The van der Waals surface area contributed by atoms with Crippen LogP contribution in [0, 0.1) is 0 Å². The van der Waals surface area contributed by atoms with Crippen molar-refractivity contribution in [1.29, 1.82) is 0 Å². The smallest absolute Gasteiger partial charge is 0.254 e. The first-order valence-corrected chi connectivity index (χ1v) is 9.60. The Labute approximate surface area is 154 Å². The van der Waals surface area contributed by atoms with Crippen LogP contribution in [0.1, 0.15) is 61.7 Å². The summed E-state index contributed by atoms with van der Waals surface area (Å²) in [6.07, 6.45) is 8.92. The first-order chi connectivity index (χ1) is 12.5. The van der Waals surface area contributed by atoms with Gasteiger partial charge in [0.25, 0.3) is 5.91 Å². The van der Waals surface area contributed by atoms with Gasteiger partial charge in [0.2, 0.25) is 5.95 Å². The predicted octanol–water partition coefficient (Wildman–Crippen LogP) is 1.23. The third kappa shape index (κ3) is 4.82. The average molecular weight is 362 g/mol. The number of nitrogens with zero attached hydrogens (tertiary/aromatic N) is 2. The van der Waals surface area contributed by atoms with E-state index in [4.69, 9.17) is 5.73 Å². The number of aliphatic hydroxyl groups excluding tert-OH is 1. The molecular formula is C18H30N6O2. The number of aromatic nitrogens is 2. The van der Waals surface area contributed by atoms with E-state index in [1.165, 1.54) is 6.20 Å². The highest BCUT2D eigenvalue weighted by Crippen LogP contribution is 2.25. The van der Waals surface area contributed by atoms with E-state index < -0.39 is 5.91 Å². The van der Waals surface area contributed by atoms with E-state index in [2.05, 4.69) is 25.9 Å². The maximum atomic E-state index is 11.7. The van der Waals surface area contributed by atoms with Crippen molar-refractivity contribution < 1.29 is 9.90 Å². The number of nitrogens with one attached hydrogen (secondary N) is 3. The van der Waals surface area contributed by atoms with Gasteiger partial charge < -0.3 is 26.8 Å². The number of aliphatic hydroxyl groups is 1. The molecule has 1 amide bonds. The van der Waals surface area contributed by atoms with Gasteiger partial charge in [-0.15, -0.1) is 0 Å². The summed E-state index contributed by atoms with van der Waals surface area (Å²) in [6, 6.07) is 1.01. The zero-order chi connectivity index (χ0) is 18.5. The summed E-state index contributed by atoms with van der Waals surface area (Å²) >= 11 is 0. The second kappa shape index (κ2) is 8.64. The quantitative estimate of drug-likeness (QED) is 0.515. The summed E-state index contributed by atoms with van der Waals surface area (Å²) < 4.78 is 0. The molecule has 0 unspecified atom stereocenters. The van der Waals surface area contributed by atoms with Gasteiger partial charge in [0.15, 0.2) is 0 Å². The standard InChI is InChI=1S/C18H30N6O2/c1-20-11-5-7-12(8-6-11)23-18-21-10-15(16(19)26)17(24-18)22-13-3-2-4-14(25)9-13/h10-14,20,25H,2-9H2,1H3,(H2,19,26)(H2,21,22,23,24)/t11?,12?,13-,14-/m1/s1. The minimum absolute atomic E-state index is 0.0886. The third-order valence-electron chi connectivity index (χ3n) is 5.51. The Hall–Kier alpha value is -1.93. The highest BCUT2D eigenvalue weighted by molar-refractivity contribution is 5.97. The van der Waals surface area contributed by atoms with Crippen LogP contribution < -0.4 is 21.7 Å². The first kappa shape index (κ1) is 18.8. The average Bonchev–Trinajstić information content (AvgIpc) is 2.62. The molecule has 0 bridgehead atoms. The maximum absolute atomic E-state index is 11.7. The molecule has 6 N–H and O–H groups in total. The van der Waals surface area contributed by atoms with E-state index >= 15 is 0 Å². The lowest BCUT2D eigenvalue weighted by Crippen LogP contribution is -2.35. The molecule has 1 aromatic heterocycles. The number of hydrogen-bond donors (Lipinski definition) is 5. The fourth-order valence-corrected chi connectivity index (χ4v) is 3.94. The van der Waals surface area contributed by atoms with Gasteiger partial charge >= 0.3 is 0 Å². The van der Waals surface area contributed by atoms with Crippen LogP contribution in [0.3, 0.4) is 0 Å². The molecule has 144 valence electrons. The van der Waals surface area contributed by atoms with Gasteiger partial charge in [-0.25, -0.2) is 4.98 Å². The fraction of sp³-hybridized carbons (Fsp3) is 0.722. The highest BCUT2D eigenvalue weighted by Gasteiger charge is 2.24. The second-order valence-corrected chi connectivity index (χ2v) is 7.46. The van der Waals surface area contributed by atoms with Gasteiger partial charge in [-0.2, -0.15) is 4.98 Å². The normalized spacial score (nSPS) is 29.2. The molecule has 3 rings (SSSR count).